The van der Waals surface area contributed by atoms with Crippen molar-refractivity contribution >= 4 is 45.8 Å². The summed E-state index contributed by atoms with van der Waals surface area (Å²) in [4.78, 5) is 41.5. The zero-order valence-corrected chi connectivity index (χ0v) is 20.7. The van der Waals surface area contributed by atoms with Crippen LogP contribution in [0.5, 0.6) is 0 Å². The summed E-state index contributed by atoms with van der Waals surface area (Å²) in [5.74, 6) is -0.398. The van der Waals surface area contributed by atoms with Gasteiger partial charge in [0, 0.05) is 42.0 Å². The maximum absolute atomic E-state index is 13.3. The number of aryl methyl sites for hydroxylation is 3. The molecule has 0 saturated heterocycles. The Kier molecular flexibility index (Phi) is 6.75. The van der Waals surface area contributed by atoms with Gasteiger partial charge in [0.2, 0.25) is 11.8 Å². The van der Waals surface area contributed by atoms with Gasteiger partial charge in [-0.2, -0.15) is 0 Å². The summed E-state index contributed by atoms with van der Waals surface area (Å²) in [6.07, 6.45) is 1.59. The number of nitrogens with zero attached hydrogens (tertiary/aromatic N) is 3. The molecule has 0 aliphatic rings. The van der Waals surface area contributed by atoms with Crippen molar-refractivity contribution < 1.29 is 9.59 Å². The maximum Gasteiger partial charge on any atom is 0.263 e. The predicted molar refractivity (Wildman–Crippen MR) is 139 cm³/mol. The molecule has 0 aliphatic carbocycles. The molecule has 0 aliphatic heterocycles. The van der Waals surface area contributed by atoms with Gasteiger partial charge in [0.25, 0.3) is 5.56 Å². The van der Waals surface area contributed by atoms with Crippen molar-refractivity contribution in [1.29, 1.82) is 0 Å². The average Bonchev–Trinajstić information content (AvgIpc) is 3.06. The van der Waals surface area contributed by atoms with Crippen molar-refractivity contribution in [2.45, 2.75) is 40.7 Å². The average molecular weight is 492 g/mol. The molecular weight excluding hydrogens is 466 g/mol. The van der Waals surface area contributed by atoms with Crippen molar-refractivity contribution in [3.8, 4) is 5.69 Å². The Hall–Kier alpha value is -3.91. The normalized spacial score (nSPS) is 11.0. The molecule has 0 atom stereocenters. The minimum atomic E-state index is -0.232. The van der Waals surface area contributed by atoms with Crippen LogP contribution in [0.25, 0.3) is 16.7 Å². The van der Waals surface area contributed by atoms with Crippen LogP contribution in [-0.2, 0) is 16.1 Å². The molecule has 0 spiro atoms. The highest BCUT2D eigenvalue weighted by Crippen LogP contribution is 2.28. The SMILES string of the molecule is CC(=O)Nc1ccc(NC(=O)CCn2cnc3c(c(C)c(C)n3-c3cc(Cl)ccc3C)c2=O)cc1. The number of nitrogens with one attached hydrogen (secondary N) is 2. The quantitative estimate of drug-likeness (QED) is 0.406. The predicted octanol–water partition coefficient (Wildman–Crippen LogP) is 4.75. The molecule has 2 heterocycles. The Balaban J connectivity index is 1.55. The summed E-state index contributed by atoms with van der Waals surface area (Å²) >= 11 is 6.24. The lowest BCUT2D eigenvalue weighted by atomic mass is 10.2. The van der Waals surface area contributed by atoms with Crippen LogP contribution in [-0.4, -0.2) is 25.9 Å². The summed E-state index contributed by atoms with van der Waals surface area (Å²) in [6, 6.07) is 12.4. The zero-order valence-electron chi connectivity index (χ0n) is 20.0. The van der Waals surface area contributed by atoms with Gasteiger partial charge >= 0.3 is 0 Å². The van der Waals surface area contributed by atoms with Crippen LogP contribution in [0.4, 0.5) is 11.4 Å². The third-order valence-electron chi connectivity index (χ3n) is 5.96. The molecular formula is C26H26ClN5O3. The van der Waals surface area contributed by atoms with Gasteiger partial charge in [0.1, 0.15) is 0 Å². The third-order valence-corrected chi connectivity index (χ3v) is 6.20. The minimum Gasteiger partial charge on any atom is -0.326 e. The van der Waals surface area contributed by atoms with Gasteiger partial charge < -0.3 is 10.6 Å². The highest BCUT2D eigenvalue weighted by Gasteiger charge is 2.19. The second-order valence-electron chi connectivity index (χ2n) is 8.48. The lowest BCUT2D eigenvalue weighted by Crippen LogP contribution is -2.24. The molecule has 8 nitrogen and oxygen atoms in total. The number of benzene rings is 2. The van der Waals surface area contributed by atoms with E-state index in [9.17, 15) is 14.4 Å². The van der Waals surface area contributed by atoms with E-state index in [1.54, 1.807) is 24.3 Å². The molecule has 0 bridgehead atoms. The number of hydrogen-bond donors (Lipinski definition) is 2. The number of amides is 2. The highest BCUT2D eigenvalue weighted by molar-refractivity contribution is 6.30. The first-order valence-corrected chi connectivity index (χ1v) is 11.5. The molecule has 2 aromatic heterocycles. The van der Waals surface area contributed by atoms with Crippen LogP contribution >= 0.6 is 11.6 Å². The zero-order chi connectivity index (χ0) is 25.3. The van der Waals surface area contributed by atoms with E-state index >= 15 is 0 Å². The molecule has 2 aromatic carbocycles. The molecule has 2 amide bonds. The monoisotopic (exact) mass is 491 g/mol. The van der Waals surface area contributed by atoms with E-state index in [0.29, 0.717) is 27.4 Å². The number of carbonyl (C=O) groups excluding carboxylic acids is 2. The first-order chi connectivity index (χ1) is 16.7. The van der Waals surface area contributed by atoms with Gasteiger partial charge in [-0.25, -0.2) is 4.98 Å². The molecule has 35 heavy (non-hydrogen) atoms. The molecule has 0 saturated carbocycles. The Morgan fingerprint density at radius 1 is 1.00 bits per heavy atom. The highest BCUT2D eigenvalue weighted by atomic mass is 35.5. The second-order valence-corrected chi connectivity index (χ2v) is 8.91. The molecule has 180 valence electrons. The number of rotatable bonds is 6. The lowest BCUT2D eigenvalue weighted by Gasteiger charge is -2.12. The van der Waals surface area contributed by atoms with Crippen molar-refractivity contribution in [2.75, 3.05) is 10.6 Å². The fraction of sp³-hybridized carbons (Fsp3) is 0.231. The van der Waals surface area contributed by atoms with Crippen LogP contribution < -0.4 is 16.2 Å². The Labute approximate surface area is 207 Å². The van der Waals surface area contributed by atoms with Crippen LogP contribution in [0.15, 0.2) is 53.6 Å². The molecule has 0 fully saturated rings. The van der Waals surface area contributed by atoms with E-state index in [-0.39, 0.29) is 30.3 Å². The van der Waals surface area contributed by atoms with Gasteiger partial charge in [-0.05, 0) is 68.3 Å². The summed E-state index contributed by atoms with van der Waals surface area (Å²) in [7, 11) is 0. The Morgan fingerprint density at radius 2 is 1.66 bits per heavy atom. The van der Waals surface area contributed by atoms with Gasteiger partial charge in [-0.15, -0.1) is 0 Å². The topological polar surface area (TPSA) is 98.0 Å². The maximum atomic E-state index is 13.3. The number of anilines is 2. The molecule has 4 rings (SSSR count). The van der Waals surface area contributed by atoms with Crippen molar-refractivity contribution in [3.05, 3.63) is 81.0 Å². The fourth-order valence-corrected chi connectivity index (χ4v) is 4.22. The molecule has 2 N–H and O–H groups in total. The van der Waals surface area contributed by atoms with Crippen LogP contribution in [0.1, 0.15) is 30.2 Å². The number of hydrogen-bond acceptors (Lipinski definition) is 4. The van der Waals surface area contributed by atoms with Crippen LogP contribution in [0.3, 0.4) is 0 Å². The van der Waals surface area contributed by atoms with E-state index in [4.69, 9.17) is 11.6 Å². The summed E-state index contributed by atoms with van der Waals surface area (Å²) in [5, 5.41) is 6.61. The van der Waals surface area contributed by atoms with E-state index in [0.717, 1.165) is 22.5 Å². The first kappa shape index (κ1) is 24.2. The lowest BCUT2D eigenvalue weighted by molar-refractivity contribution is -0.116. The minimum absolute atomic E-state index is 0.104. The van der Waals surface area contributed by atoms with Crippen molar-refractivity contribution in [3.63, 3.8) is 0 Å². The number of carbonyl (C=O) groups is 2. The first-order valence-electron chi connectivity index (χ1n) is 11.2. The van der Waals surface area contributed by atoms with E-state index in [1.165, 1.54) is 17.8 Å². The second kappa shape index (κ2) is 9.76. The van der Waals surface area contributed by atoms with E-state index in [1.807, 2.05) is 43.5 Å². The Bertz CT molecular complexity index is 1500. The van der Waals surface area contributed by atoms with Gasteiger partial charge in [-0.1, -0.05) is 17.7 Å². The van der Waals surface area contributed by atoms with E-state index < -0.39 is 0 Å². The Morgan fingerprint density at radius 3 is 2.31 bits per heavy atom. The largest absolute Gasteiger partial charge is 0.326 e. The van der Waals surface area contributed by atoms with Gasteiger partial charge in [0.05, 0.1) is 17.4 Å². The van der Waals surface area contributed by atoms with Crippen molar-refractivity contribution in [1.82, 2.24) is 14.1 Å². The van der Waals surface area contributed by atoms with Crippen LogP contribution in [0, 0.1) is 20.8 Å². The van der Waals surface area contributed by atoms with Gasteiger partial charge in [0.15, 0.2) is 5.65 Å². The fourth-order valence-electron chi connectivity index (χ4n) is 4.05. The third kappa shape index (κ3) is 4.97. The smallest absolute Gasteiger partial charge is 0.263 e. The standard InChI is InChI=1S/C26H26ClN5O3/c1-15-5-6-19(27)13-22(15)32-17(3)16(2)24-25(32)28-14-31(26(24)35)12-11-23(34)30-21-9-7-20(8-10-21)29-18(4)33/h5-10,13-14H,11-12H2,1-4H3,(H,29,33)(H,30,34). The molecule has 9 heteroatoms. The molecule has 0 radical (unpaired) electrons. The van der Waals surface area contributed by atoms with Gasteiger partial charge in [-0.3, -0.25) is 23.5 Å². The summed E-state index contributed by atoms with van der Waals surface area (Å²) in [5.41, 5.74) is 5.26. The van der Waals surface area contributed by atoms with E-state index in [2.05, 4.69) is 15.6 Å². The number of halogens is 1. The molecule has 4 aromatic rings. The summed E-state index contributed by atoms with van der Waals surface area (Å²) in [6.45, 7) is 7.46. The van der Waals surface area contributed by atoms with Crippen molar-refractivity contribution in [2.24, 2.45) is 0 Å². The van der Waals surface area contributed by atoms with Crippen LogP contribution in [0.2, 0.25) is 5.02 Å². The molecule has 0 unspecified atom stereocenters. The summed E-state index contributed by atoms with van der Waals surface area (Å²) < 4.78 is 3.42. The number of fused-ring (bicyclic) bond motifs is 1. The number of aromatic nitrogens is 3.